The average Bonchev–Trinajstić information content (AvgIpc) is 2.47. The maximum absolute atomic E-state index is 16.4. The van der Waals surface area contributed by atoms with Crippen molar-refractivity contribution >= 4 is 28.9 Å². The van der Waals surface area contributed by atoms with E-state index in [2.05, 4.69) is 111 Å². The highest BCUT2D eigenvalue weighted by Crippen LogP contribution is 2.85. The molecule has 9 aliphatic carbocycles. The number of epoxide rings is 1. The van der Waals surface area contributed by atoms with Gasteiger partial charge in [0.05, 0.1) is 40.7 Å². The molecule has 0 radical (unpaired) electrons. The molecular weight excluding hydrogens is 1030 g/mol. The second-order valence-electron chi connectivity index (χ2n) is 31.3. The summed E-state index contributed by atoms with van der Waals surface area (Å²) in [5.41, 5.74) is 8.27. The number of fused-ring (bicyclic) bond motifs is 7. The van der Waals surface area contributed by atoms with Crippen LogP contribution in [0.3, 0.4) is 0 Å². The molecule has 3 aliphatic heterocycles. The van der Waals surface area contributed by atoms with E-state index in [4.69, 9.17) is 9.47 Å². The van der Waals surface area contributed by atoms with Crippen molar-refractivity contribution in [2.24, 2.45) is 62.1 Å². The van der Waals surface area contributed by atoms with Crippen molar-refractivity contribution in [3.63, 3.8) is 0 Å². The normalized spacial score (nSPS) is 41.5. The van der Waals surface area contributed by atoms with E-state index in [1.165, 1.54) is 60.8 Å². The molecule has 6 heterocycles. The lowest BCUT2D eigenvalue weighted by molar-refractivity contribution is -0.274. The third kappa shape index (κ3) is 7.09. The van der Waals surface area contributed by atoms with Gasteiger partial charge in [0, 0.05) is 96.6 Å². The number of carbonyl (C=O) groups excluding carboxylic acids is 3. The van der Waals surface area contributed by atoms with E-state index < -0.39 is 56.7 Å². The van der Waals surface area contributed by atoms with Crippen LogP contribution in [0, 0.1) is 73.9 Å². The summed E-state index contributed by atoms with van der Waals surface area (Å²) in [5, 5.41) is 27.6. The largest absolute Gasteiger partial charge is 0.392 e. The predicted octanol–water partition coefficient (Wildman–Crippen LogP) is 13.6. The van der Waals surface area contributed by atoms with Crippen molar-refractivity contribution in [2.45, 2.75) is 236 Å². The fraction of sp³-hybridized carbons (Fsp3) is 0.685. The SMILES string of the molecule is CC1(C)OC1C(O)CC1(C)C2=C3C4Cn5cc(C(C=O)c6cc(C7CCCCC7)cc(C7CCOCC7)c6)c6[nH]cc(c65)CC1CC#CCC1(CCC5C(C)(C6CCCC6)C(=O)C6c7cc[nH]c7C7CCC6(C7)C5(C)C1C4O)C3(C)CC2=O. The fourth-order valence-electron chi connectivity index (χ4n) is 23.9. The average molecular weight is 1120 g/mol. The van der Waals surface area contributed by atoms with Crippen LogP contribution < -0.4 is 0 Å². The summed E-state index contributed by atoms with van der Waals surface area (Å²) in [7, 11) is 0. The molecule has 6 saturated carbocycles. The third-order valence-electron chi connectivity index (χ3n) is 27.8. The zero-order valence-corrected chi connectivity index (χ0v) is 50.5. The standard InChI is InChI=1S/C73H91N3O7/c1-67(2)66(83-67)55(79)35-68(3)49-18-12-13-24-72-26-20-56-70(5,48-16-10-11-17-48)65(81)58-50-21-27-74-60(50)43-19-25-73(58,34-43)71(56,6)64(72)63(80)52(57-59(68)54(78)36-69(57,72)4)39-76-38-51(61-62(76)47(33-49)37-75-61)53(40-77)46-31-44(41-14-8-7-9-15-41)30-45(32-46)42-22-28-82-29-23-42/h21,27,30-32,37-38,40-43,48-49,52-53,55-56,58,63-64,66,74-75,79-80H,7-11,14-20,22-26,28-29,33-36,39H2,1-6H3. The number of H-pyrrole nitrogens is 2. The molecule has 16 unspecified atom stereocenters. The van der Waals surface area contributed by atoms with Crippen molar-refractivity contribution in [3.05, 3.63) is 93.1 Å². The van der Waals surface area contributed by atoms with Crippen LogP contribution in [0.1, 0.15) is 239 Å². The minimum atomic E-state index is -0.882. The highest BCUT2D eigenvalue weighted by atomic mass is 16.6. The van der Waals surface area contributed by atoms with Crippen LogP contribution in [0.2, 0.25) is 0 Å². The number of aromatic nitrogens is 3. The second-order valence-corrected chi connectivity index (χ2v) is 31.3. The van der Waals surface area contributed by atoms with Gasteiger partial charge in [-0.1, -0.05) is 78.0 Å². The van der Waals surface area contributed by atoms with Gasteiger partial charge in [-0.05, 0) is 194 Å². The highest BCUT2D eigenvalue weighted by molar-refractivity contribution is 6.02. The molecule has 2 spiro atoms. The fourth-order valence-corrected chi connectivity index (χ4v) is 23.9. The summed E-state index contributed by atoms with van der Waals surface area (Å²) in [5.74, 6) is 8.27. The number of ketones is 2. The van der Waals surface area contributed by atoms with Gasteiger partial charge in [0.15, 0.2) is 5.78 Å². The summed E-state index contributed by atoms with van der Waals surface area (Å²) >= 11 is 0. The zero-order valence-electron chi connectivity index (χ0n) is 50.5. The van der Waals surface area contributed by atoms with Gasteiger partial charge in [-0.15, -0.1) is 11.8 Å². The number of aldehydes is 1. The van der Waals surface area contributed by atoms with E-state index in [-0.39, 0.29) is 46.9 Å². The summed E-state index contributed by atoms with van der Waals surface area (Å²) < 4.78 is 14.6. The van der Waals surface area contributed by atoms with Crippen molar-refractivity contribution < 1.29 is 34.1 Å². The minimum Gasteiger partial charge on any atom is -0.392 e. The number of carbonyl (C=O) groups is 3. The second kappa shape index (κ2) is 18.5. The summed E-state index contributed by atoms with van der Waals surface area (Å²) in [6.45, 7) is 15.8. The maximum atomic E-state index is 16.4. The van der Waals surface area contributed by atoms with Gasteiger partial charge in [0.25, 0.3) is 0 Å². The van der Waals surface area contributed by atoms with E-state index in [0.29, 0.717) is 62.2 Å². The molecule has 440 valence electrons. The number of aromatic amines is 2. The Balaban J connectivity index is 0.923. The quantitative estimate of drug-likeness (QED) is 0.0740. The monoisotopic (exact) mass is 1120 g/mol. The van der Waals surface area contributed by atoms with Crippen LogP contribution in [0.5, 0.6) is 0 Å². The van der Waals surface area contributed by atoms with Gasteiger partial charge in [-0.25, -0.2) is 0 Å². The van der Waals surface area contributed by atoms with E-state index >= 15 is 9.59 Å². The van der Waals surface area contributed by atoms with Crippen LogP contribution in [-0.2, 0) is 36.8 Å². The molecule has 7 bridgehead atoms. The molecule has 83 heavy (non-hydrogen) atoms. The van der Waals surface area contributed by atoms with Crippen LogP contribution in [-0.4, -0.2) is 79.7 Å². The van der Waals surface area contributed by atoms with Crippen molar-refractivity contribution in [3.8, 4) is 11.8 Å². The molecular formula is C73H91N3O7. The lowest BCUT2D eigenvalue weighted by Gasteiger charge is -2.76. The van der Waals surface area contributed by atoms with Crippen molar-refractivity contribution in [2.75, 3.05) is 13.2 Å². The Hall–Kier alpha value is -4.53. The van der Waals surface area contributed by atoms with Gasteiger partial charge in [0.2, 0.25) is 0 Å². The number of aliphatic hydroxyl groups is 2. The Bertz CT molecular complexity index is 3420. The zero-order chi connectivity index (χ0) is 57.0. The topological polar surface area (TPSA) is 150 Å². The molecule has 10 heteroatoms. The van der Waals surface area contributed by atoms with Crippen LogP contribution >= 0.6 is 0 Å². The molecule has 4 N–H and O–H groups in total. The summed E-state index contributed by atoms with van der Waals surface area (Å²) in [6.07, 6.45) is 25.2. The van der Waals surface area contributed by atoms with E-state index in [1.54, 1.807) is 0 Å². The third-order valence-corrected chi connectivity index (χ3v) is 27.8. The first-order valence-electron chi connectivity index (χ1n) is 33.3. The van der Waals surface area contributed by atoms with Gasteiger partial charge in [-0.3, -0.25) is 9.59 Å². The number of aliphatic hydroxyl groups excluding tert-OH is 2. The minimum absolute atomic E-state index is 0.0524. The Morgan fingerprint density at radius 1 is 0.843 bits per heavy atom. The van der Waals surface area contributed by atoms with Crippen molar-refractivity contribution in [1.29, 1.82) is 0 Å². The summed E-state index contributed by atoms with van der Waals surface area (Å²) in [6, 6.07) is 9.45. The lowest BCUT2D eigenvalue weighted by Crippen LogP contribution is -2.75. The van der Waals surface area contributed by atoms with Gasteiger partial charge >= 0.3 is 0 Å². The molecule has 12 aliphatic rings. The number of Topliss-reactive ketones (excluding diaryl/α,β-unsaturated/α-hetero) is 2. The van der Waals surface area contributed by atoms with Gasteiger partial charge < -0.3 is 39.0 Å². The smallest absolute Gasteiger partial charge is 0.160 e. The highest BCUT2D eigenvalue weighted by Gasteiger charge is 2.82. The molecule has 16 atom stereocenters. The number of hydrogen-bond acceptors (Lipinski definition) is 7. The van der Waals surface area contributed by atoms with Crippen molar-refractivity contribution in [1.82, 2.24) is 14.5 Å². The van der Waals surface area contributed by atoms with Crippen LogP contribution in [0.15, 0.2) is 54.0 Å². The van der Waals surface area contributed by atoms with E-state index in [0.717, 1.165) is 123 Å². The van der Waals surface area contributed by atoms with Gasteiger partial charge in [-0.2, -0.15) is 0 Å². The molecule has 10 nitrogen and oxygen atoms in total. The number of benzene rings is 1. The Morgan fingerprint density at radius 2 is 1.57 bits per heavy atom. The molecule has 8 fully saturated rings. The molecule has 4 aromatic rings. The first-order chi connectivity index (χ1) is 39.9. The predicted molar refractivity (Wildman–Crippen MR) is 320 cm³/mol. The maximum Gasteiger partial charge on any atom is 0.160 e. The lowest BCUT2D eigenvalue weighted by atomic mass is 9.26. The number of ether oxygens (including phenoxy) is 2. The van der Waals surface area contributed by atoms with Crippen LogP contribution in [0.25, 0.3) is 11.0 Å². The van der Waals surface area contributed by atoms with E-state index in [9.17, 15) is 15.0 Å². The number of nitrogens with zero attached hydrogens (tertiary/aromatic N) is 1. The summed E-state index contributed by atoms with van der Waals surface area (Å²) in [4.78, 5) is 54.7. The Labute approximate surface area is 491 Å². The molecule has 1 aromatic carbocycles. The molecule has 0 amide bonds. The van der Waals surface area contributed by atoms with Gasteiger partial charge in [0.1, 0.15) is 18.2 Å². The first-order valence-corrected chi connectivity index (χ1v) is 33.3. The number of rotatable bonds is 9. The number of allylic oxidation sites excluding steroid dienone is 1. The van der Waals surface area contributed by atoms with Crippen LogP contribution in [0.4, 0.5) is 0 Å². The Kier molecular flexibility index (Phi) is 12.0. The number of nitrogens with one attached hydrogen (secondary N) is 2. The van der Waals surface area contributed by atoms with E-state index in [1.807, 2.05) is 0 Å². The number of hydrogen-bond donors (Lipinski definition) is 4. The molecule has 3 aromatic heterocycles. The molecule has 2 saturated heterocycles. The molecule has 16 rings (SSSR count). The Morgan fingerprint density at radius 3 is 2.30 bits per heavy atom. The first kappa shape index (κ1) is 53.9.